The van der Waals surface area contributed by atoms with E-state index < -0.39 is 5.79 Å². The average molecular weight is 259 g/mol. The number of rotatable bonds is 3. The lowest BCUT2D eigenvalue weighted by Gasteiger charge is -2.16. The van der Waals surface area contributed by atoms with Crippen molar-refractivity contribution >= 4 is 5.69 Å². The first-order valence-electron chi connectivity index (χ1n) is 6.28. The second-order valence-electron chi connectivity index (χ2n) is 5.11. The Morgan fingerprint density at radius 1 is 1.26 bits per heavy atom. The van der Waals surface area contributed by atoms with Crippen LogP contribution in [0.5, 0.6) is 11.5 Å². The fourth-order valence-corrected chi connectivity index (χ4v) is 2.09. The second kappa shape index (κ2) is 4.19. The van der Waals surface area contributed by atoms with E-state index in [1.165, 1.54) is 0 Å². The minimum atomic E-state index is -0.582. The molecule has 1 aromatic heterocycles. The Kier molecular flexibility index (Phi) is 2.62. The van der Waals surface area contributed by atoms with Crippen LogP contribution in [0.3, 0.4) is 0 Å². The zero-order chi connectivity index (χ0) is 13.5. The number of nitrogens with zero attached hydrogens (tertiary/aromatic N) is 1. The quantitative estimate of drug-likeness (QED) is 0.889. The summed E-state index contributed by atoms with van der Waals surface area (Å²) < 4.78 is 11.4. The zero-order valence-electron chi connectivity index (χ0n) is 11.3. The molecule has 0 fully saturated rings. The summed E-state index contributed by atoms with van der Waals surface area (Å²) in [6, 6.07) is 5.85. The van der Waals surface area contributed by atoms with E-state index in [4.69, 9.17) is 9.47 Å². The molecule has 0 amide bonds. The van der Waals surface area contributed by atoms with Gasteiger partial charge in [-0.05, 0) is 19.1 Å². The molecule has 1 aliphatic heterocycles. The standard InChI is InChI=1S/C14H17N3O2/c1-9-15-7-11(17-9)8-16-10-4-5-12-13(6-10)19-14(2,3)18-12/h4-7,16H,8H2,1-3H3,(H,15,17). The van der Waals surface area contributed by atoms with Gasteiger partial charge in [0, 0.05) is 25.6 Å². The molecule has 0 unspecified atom stereocenters. The van der Waals surface area contributed by atoms with Crippen LogP contribution in [0.15, 0.2) is 24.4 Å². The van der Waals surface area contributed by atoms with Crippen LogP contribution in [-0.2, 0) is 6.54 Å². The predicted molar refractivity (Wildman–Crippen MR) is 72.4 cm³/mol. The third kappa shape index (κ3) is 2.50. The lowest BCUT2D eigenvalue weighted by molar-refractivity contribution is -0.0431. The number of hydrogen-bond acceptors (Lipinski definition) is 4. The molecule has 0 spiro atoms. The predicted octanol–water partition coefficient (Wildman–Crippen LogP) is 2.84. The van der Waals surface area contributed by atoms with Gasteiger partial charge in [-0.25, -0.2) is 4.98 Å². The van der Waals surface area contributed by atoms with E-state index in [1.807, 2.05) is 45.2 Å². The number of ether oxygens (including phenoxy) is 2. The highest BCUT2D eigenvalue weighted by atomic mass is 16.7. The van der Waals surface area contributed by atoms with Crippen LogP contribution in [0.25, 0.3) is 0 Å². The number of H-pyrrole nitrogens is 1. The van der Waals surface area contributed by atoms with Crippen molar-refractivity contribution < 1.29 is 9.47 Å². The monoisotopic (exact) mass is 259 g/mol. The molecule has 0 atom stereocenters. The van der Waals surface area contributed by atoms with Gasteiger partial charge in [-0.1, -0.05) is 0 Å². The summed E-state index contributed by atoms with van der Waals surface area (Å²) >= 11 is 0. The molecule has 0 aliphatic carbocycles. The molecule has 0 radical (unpaired) electrons. The van der Waals surface area contributed by atoms with Crippen LogP contribution in [0, 0.1) is 6.92 Å². The fraction of sp³-hybridized carbons (Fsp3) is 0.357. The molecule has 19 heavy (non-hydrogen) atoms. The van der Waals surface area contributed by atoms with Gasteiger partial charge in [-0.15, -0.1) is 0 Å². The highest BCUT2D eigenvalue weighted by Crippen LogP contribution is 2.40. The van der Waals surface area contributed by atoms with Crippen molar-refractivity contribution in [2.75, 3.05) is 5.32 Å². The first kappa shape index (κ1) is 11.9. The minimum Gasteiger partial charge on any atom is -0.449 e. The van der Waals surface area contributed by atoms with Gasteiger partial charge in [0.2, 0.25) is 5.79 Å². The van der Waals surface area contributed by atoms with Gasteiger partial charge in [0.25, 0.3) is 0 Å². The third-order valence-electron chi connectivity index (χ3n) is 2.89. The topological polar surface area (TPSA) is 59.2 Å². The van der Waals surface area contributed by atoms with E-state index >= 15 is 0 Å². The fourth-order valence-electron chi connectivity index (χ4n) is 2.09. The summed E-state index contributed by atoms with van der Waals surface area (Å²) in [5.74, 6) is 1.90. The van der Waals surface area contributed by atoms with Gasteiger partial charge < -0.3 is 19.8 Å². The summed E-state index contributed by atoms with van der Waals surface area (Å²) in [4.78, 5) is 7.35. The van der Waals surface area contributed by atoms with Crippen molar-refractivity contribution in [2.45, 2.75) is 33.1 Å². The smallest absolute Gasteiger partial charge is 0.246 e. The molecular weight excluding hydrogens is 242 g/mol. The van der Waals surface area contributed by atoms with Gasteiger partial charge in [-0.2, -0.15) is 0 Å². The van der Waals surface area contributed by atoms with Crippen LogP contribution in [0.2, 0.25) is 0 Å². The van der Waals surface area contributed by atoms with Gasteiger partial charge in [0.05, 0.1) is 18.4 Å². The highest BCUT2D eigenvalue weighted by molar-refractivity contribution is 5.56. The Balaban J connectivity index is 1.70. The van der Waals surface area contributed by atoms with Crippen LogP contribution in [-0.4, -0.2) is 15.8 Å². The SMILES string of the molecule is Cc1ncc(CNc2ccc3c(c2)OC(C)(C)O3)[nH]1. The van der Waals surface area contributed by atoms with Crippen LogP contribution in [0.1, 0.15) is 25.4 Å². The number of fused-ring (bicyclic) bond motifs is 1. The number of aryl methyl sites for hydroxylation is 1. The molecule has 1 aliphatic rings. The number of aromatic nitrogens is 2. The Bertz CT molecular complexity index is 604. The van der Waals surface area contributed by atoms with E-state index in [9.17, 15) is 0 Å². The zero-order valence-corrected chi connectivity index (χ0v) is 11.3. The molecule has 2 aromatic rings. The Morgan fingerprint density at radius 3 is 2.79 bits per heavy atom. The molecule has 0 bridgehead atoms. The summed E-state index contributed by atoms with van der Waals surface area (Å²) in [7, 11) is 0. The molecule has 2 N–H and O–H groups in total. The average Bonchev–Trinajstić information content (AvgIpc) is 2.87. The molecule has 5 heteroatoms. The van der Waals surface area contributed by atoms with E-state index in [-0.39, 0.29) is 0 Å². The normalized spacial score (nSPS) is 15.5. The summed E-state index contributed by atoms with van der Waals surface area (Å²) in [6.07, 6.45) is 1.83. The molecule has 5 nitrogen and oxygen atoms in total. The Hall–Kier alpha value is -2.17. The van der Waals surface area contributed by atoms with Crippen molar-refractivity contribution in [1.82, 2.24) is 9.97 Å². The molecule has 0 saturated heterocycles. The van der Waals surface area contributed by atoms with Gasteiger partial charge >= 0.3 is 0 Å². The highest BCUT2D eigenvalue weighted by Gasteiger charge is 2.31. The van der Waals surface area contributed by atoms with Crippen molar-refractivity contribution in [3.05, 3.63) is 35.9 Å². The molecule has 3 rings (SSSR count). The van der Waals surface area contributed by atoms with Crippen molar-refractivity contribution in [3.8, 4) is 11.5 Å². The van der Waals surface area contributed by atoms with Crippen molar-refractivity contribution in [3.63, 3.8) is 0 Å². The number of aromatic amines is 1. The molecule has 0 saturated carbocycles. The second-order valence-corrected chi connectivity index (χ2v) is 5.11. The van der Waals surface area contributed by atoms with Crippen LogP contribution < -0.4 is 14.8 Å². The van der Waals surface area contributed by atoms with E-state index in [0.29, 0.717) is 6.54 Å². The number of benzene rings is 1. The Morgan fingerprint density at radius 2 is 2.05 bits per heavy atom. The van der Waals surface area contributed by atoms with Crippen LogP contribution >= 0.6 is 0 Å². The maximum absolute atomic E-state index is 5.71. The largest absolute Gasteiger partial charge is 0.449 e. The van der Waals surface area contributed by atoms with Crippen LogP contribution in [0.4, 0.5) is 5.69 Å². The maximum Gasteiger partial charge on any atom is 0.246 e. The Labute approximate surface area is 112 Å². The van der Waals surface area contributed by atoms with E-state index in [1.54, 1.807) is 0 Å². The van der Waals surface area contributed by atoms with Crippen molar-refractivity contribution in [1.29, 1.82) is 0 Å². The van der Waals surface area contributed by atoms with Gasteiger partial charge in [-0.3, -0.25) is 0 Å². The molecule has 100 valence electrons. The van der Waals surface area contributed by atoms with Gasteiger partial charge in [0.1, 0.15) is 5.82 Å². The number of nitrogens with one attached hydrogen (secondary N) is 2. The minimum absolute atomic E-state index is 0.582. The molecule has 2 heterocycles. The summed E-state index contributed by atoms with van der Waals surface area (Å²) in [5, 5.41) is 3.32. The number of imidazole rings is 1. The maximum atomic E-state index is 5.71. The van der Waals surface area contributed by atoms with E-state index in [0.717, 1.165) is 28.7 Å². The summed E-state index contributed by atoms with van der Waals surface area (Å²) in [5.41, 5.74) is 2.04. The molecular formula is C14H17N3O2. The number of anilines is 1. The number of hydrogen-bond donors (Lipinski definition) is 2. The first-order valence-corrected chi connectivity index (χ1v) is 6.28. The molecule has 1 aromatic carbocycles. The lowest BCUT2D eigenvalue weighted by Crippen LogP contribution is -2.29. The third-order valence-corrected chi connectivity index (χ3v) is 2.89. The van der Waals surface area contributed by atoms with Gasteiger partial charge in [0.15, 0.2) is 11.5 Å². The first-order chi connectivity index (χ1) is 9.02. The van der Waals surface area contributed by atoms with Crippen molar-refractivity contribution in [2.24, 2.45) is 0 Å². The lowest BCUT2D eigenvalue weighted by atomic mass is 10.2. The van der Waals surface area contributed by atoms with E-state index in [2.05, 4.69) is 15.3 Å². The summed E-state index contributed by atoms with van der Waals surface area (Å²) in [6.45, 7) is 6.43.